The van der Waals surface area contributed by atoms with E-state index in [9.17, 15) is 4.79 Å². The van der Waals surface area contributed by atoms with Crippen molar-refractivity contribution >= 4 is 17.4 Å². The molecule has 1 unspecified atom stereocenters. The Bertz CT molecular complexity index is 415. The second-order valence-corrected chi connectivity index (χ2v) is 7.44. The number of carbonyl (C=O) groups excluding carboxylic acids is 1. The van der Waals surface area contributed by atoms with Crippen molar-refractivity contribution in [1.29, 1.82) is 0 Å². The van der Waals surface area contributed by atoms with E-state index in [0.717, 1.165) is 18.4 Å². The molecule has 0 fully saturated rings. The van der Waals surface area contributed by atoms with Gasteiger partial charge in [0.15, 0.2) is 5.78 Å². The summed E-state index contributed by atoms with van der Waals surface area (Å²) in [6, 6.07) is 10.0. The highest BCUT2D eigenvalue weighted by Crippen LogP contribution is 2.15. The van der Waals surface area contributed by atoms with Gasteiger partial charge in [-0.05, 0) is 18.4 Å². The predicted molar refractivity (Wildman–Crippen MR) is 106 cm³/mol. The van der Waals surface area contributed by atoms with E-state index >= 15 is 0 Å². The molecule has 24 heavy (non-hydrogen) atoms. The first-order valence-electron chi connectivity index (χ1n) is 9.94. The lowest BCUT2D eigenvalue weighted by Crippen LogP contribution is -2.16. The molecule has 0 aromatic heterocycles. The zero-order valence-corrected chi connectivity index (χ0v) is 16.2. The second-order valence-electron chi connectivity index (χ2n) is 6.91. The van der Waals surface area contributed by atoms with Crippen LogP contribution in [0.4, 0.5) is 0 Å². The molecule has 0 heterocycles. The van der Waals surface area contributed by atoms with Gasteiger partial charge in [-0.3, -0.25) is 4.79 Å². The van der Waals surface area contributed by atoms with Crippen LogP contribution in [0.5, 0.6) is 0 Å². The Kier molecular flexibility index (Phi) is 12.8. The lowest BCUT2D eigenvalue weighted by Gasteiger charge is -2.08. The summed E-state index contributed by atoms with van der Waals surface area (Å²) in [6.07, 6.45) is 15.7. The summed E-state index contributed by atoms with van der Waals surface area (Å²) in [7, 11) is 0. The Morgan fingerprint density at radius 1 is 0.833 bits per heavy atom. The smallest absolute Gasteiger partial charge is 0.151 e. The van der Waals surface area contributed by atoms with Gasteiger partial charge in [0, 0.05) is 6.42 Å². The maximum Gasteiger partial charge on any atom is 0.151 e. The molecule has 0 aliphatic carbocycles. The zero-order chi connectivity index (χ0) is 17.5. The van der Waals surface area contributed by atoms with Crippen molar-refractivity contribution in [1.82, 2.24) is 0 Å². The molecule has 0 aliphatic rings. The van der Waals surface area contributed by atoms with E-state index in [1.807, 2.05) is 30.3 Å². The molecule has 0 spiro atoms. The SMILES string of the molecule is CCCCCCCCCCCCCC(=O)C(Cl)Cc1ccccc1. The fraction of sp³-hybridized carbons (Fsp3) is 0.682. The van der Waals surface area contributed by atoms with Gasteiger partial charge in [0.25, 0.3) is 0 Å². The van der Waals surface area contributed by atoms with E-state index in [-0.39, 0.29) is 11.2 Å². The van der Waals surface area contributed by atoms with Crippen molar-refractivity contribution in [3.63, 3.8) is 0 Å². The van der Waals surface area contributed by atoms with Crippen LogP contribution in [0.3, 0.4) is 0 Å². The van der Waals surface area contributed by atoms with Gasteiger partial charge in [0.1, 0.15) is 0 Å². The van der Waals surface area contributed by atoms with Crippen LogP contribution in [-0.4, -0.2) is 11.2 Å². The number of halogens is 1. The molecule has 0 saturated heterocycles. The van der Waals surface area contributed by atoms with E-state index in [1.54, 1.807) is 0 Å². The van der Waals surface area contributed by atoms with Gasteiger partial charge in [0.2, 0.25) is 0 Å². The predicted octanol–water partition coefficient (Wildman–Crippen LogP) is 7.11. The third-order valence-corrected chi connectivity index (χ3v) is 5.03. The number of unbranched alkanes of at least 4 members (excludes halogenated alkanes) is 10. The molecule has 1 atom stereocenters. The van der Waals surface area contributed by atoms with Crippen molar-refractivity contribution in [3.8, 4) is 0 Å². The number of hydrogen-bond donors (Lipinski definition) is 0. The van der Waals surface area contributed by atoms with Crippen LogP contribution in [0.2, 0.25) is 0 Å². The monoisotopic (exact) mass is 350 g/mol. The van der Waals surface area contributed by atoms with Crippen LogP contribution in [0, 0.1) is 0 Å². The van der Waals surface area contributed by atoms with Gasteiger partial charge in [-0.15, -0.1) is 11.6 Å². The quantitative estimate of drug-likeness (QED) is 0.243. The minimum Gasteiger partial charge on any atom is -0.298 e. The van der Waals surface area contributed by atoms with E-state index in [1.165, 1.54) is 57.8 Å². The highest BCUT2D eigenvalue weighted by molar-refractivity contribution is 6.31. The van der Waals surface area contributed by atoms with E-state index in [2.05, 4.69) is 6.92 Å². The molecule has 0 radical (unpaired) electrons. The Hall–Kier alpha value is -0.820. The first-order valence-corrected chi connectivity index (χ1v) is 10.4. The third kappa shape index (κ3) is 10.9. The fourth-order valence-corrected chi connectivity index (χ4v) is 3.34. The topological polar surface area (TPSA) is 17.1 Å². The zero-order valence-electron chi connectivity index (χ0n) is 15.4. The van der Waals surface area contributed by atoms with Gasteiger partial charge in [-0.2, -0.15) is 0 Å². The minimum absolute atomic E-state index is 0.205. The van der Waals surface area contributed by atoms with E-state index < -0.39 is 0 Å². The summed E-state index contributed by atoms with van der Waals surface area (Å²) < 4.78 is 0. The van der Waals surface area contributed by atoms with Crippen molar-refractivity contribution in [3.05, 3.63) is 35.9 Å². The van der Waals surface area contributed by atoms with Crippen molar-refractivity contribution in [2.75, 3.05) is 0 Å². The largest absolute Gasteiger partial charge is 0.298 e. The molecule has 0 bridgehead atoms. The molecule has 0 amide bonds. The standard InChI is InChI=1S/C22H35ClO/c1-2-3-4-5-6-7-8-9-10-11-15-18-22(24)21(23)19-20-16-13-12-14-17-20/h12-14,16-17,21H,2-11,15,18-19H2,1H3. The summed E-state index contributed by atoms with van der Waals surface area (Å²) >= 11 is 6.25. The molecule has 0 saturated carbocycles. The number of Topliss-reactive ketones (excluding diaryl/α,β-unsaturated/α-hetero) is 1. The van der Waals surface area contributed by atoms with Crippen molar-refractivity contribution in [2.45, 2.75) is 95.8 Å². The third-order valence-electron chi connectivity index (χ3n) is 4.63. The maximum atomic E-state index is 12.1. The van der Waals surface area contributed by atoms with E-state index in [4.69, 9.17) is 11.6 Å². The van der Waals surface area contributed by atoms with Gasteiger partial charge in [-0.1, -0.05) is 101 Å². The molecule has 0 aliphatic heterocycles. The molecule has 1 aromatic rings. The van der Waals surface area contributed by atoms with Gasteiger partial charge >= 0.3 is 0 Å². The van der Waals surface area contributed by atoms with Crippen LogP contribution >= 0.6 is 11.6 Å². The average Bonchev–Trinajstić information content (AvgIpc) is 2.60. The molecule has 1 aromatic carbocycles. The number of rotatable bonds is 15. The summed E-state index contributed by atoms with van der Waals surface area (Å²) in [5.74, 6) is 0.205. The first-order chi connectivity index (χ1) is 11.7. The average molecular weight is 351 g/mol. The molecule has 0 N–H and O–H groups in total. The van der Waals surface area contributed by atoms with Crippen molar-refractivity contribution in [2.24, 2.45) is 0 Å². The lowest BCUT2D eigenvalue weighted by atomic mass is 10.0. The Labute approximate surface area is 154 Å². The van der Waals surface area contributed by atoms with Gasteiger partial charge < -0.3 is 0 Å². The molecule has 2 heteroatoms. The number of ketones is 1. The highest BCUT2D eigenvalue weighted by Gasteiger charge is 2.15. The lowest BCUT2D eigenvalue weighted by molar-refractivity contribution is -0.118. The van der Waals surface area contributed by atoms with Gasteiger partial charge in [-0.25, -0.2) is 0 Å². The number of benzene rings is 1. The Morgan fingerprint density at radius 3 is 1.88 bits per heavy atom. The summed E-state index contributed by atoms with van der Waals surface area (Å²) in [5.41, 5.74) is 1.14. The van der Waals surface area contributed by atoms with Crippen LogP contribution in [0.1, 0.15) is 89.5 Å². The normalized spacial score (nSPS) is 12.2. The maximum absolute atomic E-state index is 12.1. The summed E-state index contributed by atoms with van der Waals surface area (Å²) in [5, 5.41) is -0.365. The van der Waals surface area contributed by atoms with Crippen LogP contribution in [0.15, 0.2) is 30.3 Å². The number of carbonyl (C=O) groups is 1. The Morgan fingerprint density at radius 2 is 1.33 bits per heavy atom. The minimum atomic E-state index is -0.365. The highest BCUT2D eigenvalue weighted by atomic mass is 35.5. The molecule has 136 valence electrons. The van der Waals surface area contributed by atoms with E-state index in [0.29, 0.717) is 12.8 Å². The second kappa shape index (κ2) is 14.5. The van der Waals surface area contributed by atoms with Crippen molar-refractivity contribution < 1.29 is 4.79 Å². The molecular formula is C22H35ClO. The fourth-order valence-electron chi connectivity index (χ4n) is 3.05. The molecule has 1 nitrogen and oxygen atoms in total. The number of hydrogen-bond acceptors (Lipinski definition) is 1. The summed E-state index contributed by atoms with van der Waals surface area (Å²) in [4.78, 5) is 12.1. The Balaban J connectivity index is 1.94. The van der Waals surface area contributed by atoms with Crippen LogP contribution in [-0.2, 0) is 11.2 Å². The van der Waals surface area contributed by atoms with Gasteiger partial charge in [0.05, 0.1) is 5.38 Å². The van der Waals surface area contributed by atoms with Crippen LogP contribution < -0.4 is 0 Å². The summed E-state index contributed by atoms with van der Waals surface area (Å²) in [6.45, 7) is 2.26. The van der Waals surface area contributed by atoms with Crippen LogP contribution in [0.25, 0.3) is 0 Å². The molecular weight excluding hydrogens is 316 g/mol. The number of alkyl halides is 1. The molecule has 1 rings (SSSR count). The first kappa shape index (κ1) is 21.2.